The van der Waals surface area contributed by atoms with E-state index >= 15 is 0 Å². The van der Waals surface area contributed by atoms with Gasteiger partial charge in [0.1, 0.15) is 5.75 Å². The Labute approximate surface area is 192 Å². The van der Waals surface area contributed by atoms with Gasteiger partial charge in [0.15, 0.2) is 10.1 Å². The van der Waals surface area contributed by atoms with Crippen LogP contribution in [-0.4, -0.2) is 46.3 Å². The zero-order valence-electron chi connectivity index (χ0n) is 17.9. The summed E-state index contributed by atoms with van der Waals surface area (Å²) < 4.78 is 12.2. The van der Waals surface area contributed by atoms with Crippen LogP contribution in [0.3, 0.4) is 0 Å². The maximum atomic E-state index is 12.9. The normalized spacial score (nSPS) is 11.0. The summed E-state index contributed by atoms with van der Waals surface area (Å²) in [5.74, 6) is 0.996. The smallest absolute Gasteiger partial charge is 0.232 e. The predicted octanol–water partition coefficient (Wildman–Crippen LogP) is 3.79. The molecule has 0 saturated carbocycles. The summed E-state index contributed by atoms with van der Waals surface area (Å²) >= 11 is 2.70. The van der Waals surface area contributed by atoms with Gasteiger partial charge in [0.2, 0.25) is 16.9 Å². The molecule has 0 aliphatic rings. The number of pyridine rings is 1. The summed E-state index contributed by atoms with van der Waals surface area (Å²) in [5, 5.41) is 10.1. The van der Waals surface area contributed by atoms with Gasteiger partial charge in [-0.25, -0.2) is 9.97 Å². The van der Waals surface area contributed by atoms with Gasteiger partial charge in [-0.1, -0.05) is 28.7 Å². The van der Waals surface area contributed by atoms with Crippen LogP contribution in [0.4, 0.5) is 10.3 Å². The average molecular weight is 471 g/mol. The third-order valence-electron chi connectivity index (χ3n) is 4.56. The first-order chi connectivity index (χ1) is 15.5. The first-order valence-corrected chi connectivity index (χ1v) is 11.6. The number of thiazole rings is 1. The van der Waals surface area contributed by atoms with E-state index in [1.54, 1.807) is 19.3 Å². The Balaban J connectivity index is 1.52. The molecule has 0 spiro atoms. The van der Waals surface area contributed by atoms with E-state index in [0.29, 0.717) is 45.7 Å². The number of ether oxygens (including phenoxy) is 2. The van der Waals surface area contributed by atoms with Gasteiger partial charge in [0, 0.05) is 19.3 Å². The zero-order chi connectivity index (χ0) is 22.7. The number of benzene rings is 1. The third-order valence-corrected chi connectivity index (χ3v) is 6.44. The van der Waals surface area contributed by atoms with E-state index in [-0.39, 0.29) is 12.3 Å². The van der Waals surface area contributed by atoms with Crippen molar-refractivity contribution in [2.45, 2.75) is 20.3 Å². The van der Waals surface area contributed by atoms with Gasteiger partial charge in [-0.15, -0.1) is 10.2 Å². The maximum Gasteiger partial charge on any atom is 0.232 e. The summed E-state index contributed by atoms with van der Waals surface area (Å²) in [6, 6.07) is 7.45. The van der Waals surface area contributed by atoms with Crippen molar-refractivity contribution in [3.63, 3.8) is 0 Å². The van der Waals surface area contributed by atoms with Crippen molar-refractivity contribution in [2.24, 2.45) is 0 Å². The number of rotatable bonds is 8. The van der Waals surface area contributed by atoms with Gasteiger partial charge in [-0.3, -0.25) is 9.69 Å². The van der Waals surface area contributed by atoms with Gasteiger partial charge in [0.05, 0.1) is 35.4 Å². The van der Waals surface area contributed by atoms with Crippen LogP contribution >= 0.6 is 22.7 Å². The van der Waals surface area contributed by atoms with Gasteiger partial charge in [-0.2, -0.15) is 0 Å². The van der Waals surface area contributed by atoms with E-state index < -0.39 is 0 Å². The predicted molar refractivity (Wildman–Crippen MR) is 127 cm³/mol. The number of carbonyl (C=O) groups excluding carboxylic acids is 1. The monoisotopic (exact) mass is 470 g/mol. The van der Waals surface area contributed by atoms with Crippen LogP contribution in [-0.2, 0) is 11.2 Å². The van der Waals surface area contributed by atoms with Crippen LogP contribution < -0.4 is 20.1 Å². The topological polar surface area (TPSA) is 116 Å². The Morgan fingerprint density at radius 1 is 1.12 bits per heavy atom. The van der Waals surface area contributed by atoms with Crippen molar-refractivity contribution in [1.29, 1.82) is 0 Å². The molecule has 2 N–H and O–H groups in total. The Bertz CT molecular complexity index is 1260. The highest BCUT2D eigenvalue weighted by atomic mass is 32.1. The second-order valence-corrected chi connectivity index (χ2v) is 8.78. The molecule has 9 nitrogen and oxygen atoms in total. The highest BCUT2D eigenvalue weighted by Crippen LogP contribution is 2.36. The molecule has 0 bridgehead atoms. The Morgan fingerprint density at radius 3 is 2.72 bits per heavy atom. The SMILES string of the molecule is CCOc1cc(OCC)c(-c2nnc(N(C)C(=O)Cc3ccc4nc(N)sc4c3)s2)cn1. The highest BCUT2D eigenvalue weighted by molar-refractivity contribution is 7.22. The quantitative estimate of drug-likeness (QED) is 0.413. The van der Waals surface area contributed by atoms with Crippen molar-refractivity contribution >= 4 is 49.1 Å². The fourth-order valence-electron chi connectivity index (χ4n) is 3.04. The largest absolute Gasteiger partial charge is 0.493 e. The van der Waals surface area contributed by atoms with Gasteiger partial charge >= 0.3 is 0 Å². The molecule has 4 aromatic rings. The molecular formula is C21H22N6O3S2. The van der Waals surface area contributed by atoms with Crippen molar-refractivity contribution in [1.82, 2.24) is 20.2 Å². The molecule has 3 heterocycles. The first-order valence-electron chi connectivity index (χ1n) is 9.99. The number of amides is 1. The molecule has 0 aliphatic heterocycles. The molecule has 0 fully saturated rings. The van der Waals surface area contributed by atoms with Gasteiger partial charge in [0.25, 0.3) is 0 Å². The molecule has 3 aromatic heterocycles. The van der Waals surface area contributed by atoms with Crippen LogP contribution in [0, 0.1) is 0 Å². The van der Waals surface area contributed by atoms with E-state index in [1.165, 1.54) is 27.6 Å². The van der Waals surface area contributed by atoms with Crippen molar-refractivity contribution in [2.75, 3.05) is 30.9 Å². The summed E-state index contributed by atoms with van der Waals surface area (Å²) in [6.45, 7) is 4.80. The lowest BCUT2D eigenvalue weighted by molar-refractivity contribution is -0.117. The molecular weight excluding hydrogens is 448 g/mol. The van der Waals surface area contributed by atoms with E-state index in [4.69, 9.17) is 15.2 Å². The first kappa shape index (κ1) is 21.9. The van der Waals surface area contributed by atoms with Crippen LogP contribution in [0.2, 0.25) is 0 Å². The molecule has 11 heteroatoms. The maximum absolute atomic E-state index is 12.9. The van der Waals surface area contributed by atoms with Crippen LogP contribution in [0.15, 0.2) is 30.5 Å². The lowest BCUT2D eigenvalue weighted by Gasteiger charge is -2.13. The number of nitrogens with two attached hydrogens (primary N) is 1. The van der Waals surface area contributed by atoms with Crippen molar-refractivity contribution in [3.05, 3.63) is 36.0 Å². The molecule has 32 heavy (non-hydrogen) atoms. The minimum Gasteiger partial charge on any atom is -0.493 e. The number of fused-ring (bicyclic) bond motifs is 1. The number of nitrogen functional groups attached to an aromatic ring is 1. The third kappa shape index (κ3) is 4.63. The fourth-order valence-corrected chi connectivity index (χ4v) is 4.67. The second kappa shape index (κ2) is 9.45. The lowest BCUT2D eigenvalue weighted by atomic mass is 10.1. The Hall–Kier alpha value is -3.31. The molecule has 0 atom stereocenters. The molecule has 4 rings (SSSR count). The Morgan fingerprint density at radius 2 is 1.94 bits per heavy atom. The van der Waals surface area contributed by atoms with E-state index in [1.807, 2.05) is 32.0 Å². The number of aromatic nitrogens is 4. The molecule has 0 radical (unpaired) electrons. The van der Waals surface area contributed by atoms with Gasteiger partial charge in [-0.05, 0) is 31.5 Å². The number of hydrogen-bond donors (Lipinski definition) is 1. The molecule has 0 saturated heterocycles. The summed E-state index contributed by atoms with van der Waals surface area (Å²) in [5.41, 5.74) is 8.19. The zero-order valence-corrected chi connectivity index (χ0v) is 19.5. The second-order valence-electron chi connectivity index (χ2n) is 6.76. The van der Waals surface area contributed by atoms with Gasteiger partial charge < -0.3 is 15.2 Å². The average Bonchev–Trinajstić information content (AvgIpc) is 3.39. The molecule has 0 unspecified atom stereocenters. The molecule has 1 amide bonds. The Kier molecular flexibility index (Phi) is 6.47. The summed E-state index contributed by atoms with van der Waals surface area (Å²) in [4.78, 5) is 22.9. The van der Waals surface area contributed by atoms with E-state index in [0.717, 1.165) is 15.8 Å². The van der Waals surface area contributed by atoms with Crippen molar-refractivity contribution in [3.8, 4) is 22.2 Å². The van der Waals surface area contributed by atoms with Crippen LogP contribution in [0.1, 0.15) is 19.4 Å². The summed E-state index contributed by atoms with van der Waals surface area (Å²) in [6.07, 6.45) is 1.88. The number of hydrogen-bond acceptors (Lipinski definition) is 10. The van der Waals surface area contributed by atoms with Crippen molar-refractivity contribution < 1.29 is 14.3 Å². The highest BCUT2D eigenvalue weighted by Gasteiger charge is 2.20. The van der Waals surface area contributed by atoms with E-state index in [9.17, 15) is 4.79 Å². The standard InChI is InChI=1S/C21H22N6O3S2/c1-4-29-15-10-17(30-5-2)23-11-13(15)19-25-26-21(32-19)27(3)18(28)9-12-6-7-14-16(8-12)31-20(22)24-14/h6-8,10-11H,4-5,9H2,1-3H3,(H2,22,24). The number of carbonyl (C=O) groups is 1. The number of anilines is 2. The molecule has 166 valence electrons. The fraction of sp³-hybridized carbons (Fsp3) is 0.286. The van der Waals surface area contributed by atoms with E-state index in [2.05, 4.69) is 20.2 Å². The van der Waals surface area contributed by atoms with Crippen LogP contribution in [0.5, 0.6) is 11.6 Å². The molecule has 1 aromatic carbocycles. The lowest BCUT2D eigenvalue weighted by Crippen LogP contribution is -2.27. The number of nitrogens with zero attached hydrogens (tertiary/aromatic N) is 5. The number of likely N-dealkylation sites (N-methyl/N-ethyl adjacent to an activating group) is 1. The molecule has 0 aliphatic carbocycles. The minimum atomic E-state index is -0.0978. The van der Waals surface area contributed by atoms with Crippen LogP contribution in [0.25, 0.3) is 20.8 Å². The minimum absolute atomic E-state index is 0.0978. The summed E-state index contributed by atoms with van der Waals surface area (Å²) in [7, 11) is 1.69.